The van der Waals surface area contributed by atoms with Gasteiger partial charge in [-0.2, -0.15) is 0 Å². The van der Waals surface area contributed by atoms with Gasteiger partial charge in [0, 0.05) is 23.0 Å². The zero-order chi connectivity index (χ0) is 41.7. The first-order valence-corrected chi connectivity index (χ1v) is 20.1. The van der Waals surface area contributed by atoms with E-state index in [2.05, 4.69) is 49.6 Å². The van der Waals surface area contributed by atoms with Crippen LogP contribution in [0.1, 0.15) is 82.7 Å². The molecule has 6 atom stereocenters. The second-order valence-electron chi connectivity index (χ2n) is 16.1. The lowest BCUT2D eigenvalue weighted by atomic mass is 9.92. The van der Waals surface area contributed by atoms with E-state index in [9.17, 15) is 24.3 Å². The number of carbonyl (C=O) groups excluding carboxylic acids is 4. The van der Waals surface area contributed by atoms with Crippen LogP contribution in [-0.4, -0.2) is 104 Å². The summed E-state index contributed by atoms with van der Waals surface area (Å²) in [6.45, 7) is 7.57. The molecule has 0 saturated carbocycles. The number of ether oxygens (including phenoxy) is 3. The molecule has 2 saturated heterocycles. The Balaban J connectivity index is 1.04. The Labute approximate surface area is 341 Å². The van der Waals surface area contributed by atoms with Crippen molar-refractivity contribution >= 4 is 45.8 Å². The minimum absolute atomic E-state index is 0.0224. The van der Waals surface area contributed by atoms with Gasteiger partial charge in [-0.15, -0.1) is 0 Å². The molecule has 310 valence electrons. The Hall–Kier alpha value is -6.16. The maximum absolute atomic E-state index is 13.8. The molecule has 16 heteroatoms. The number of hydrogen-bond donors (Lipinski definition) is 5. The van der Waals surface area contributed by atoms with E-state index in [4.69, 9.17) is 19.4 Å². The van der Waals surface area contributed by atoms with Crippen molar-refractivity contribution in [2.24, 2.45) is 5.92 Å². The maximum atomic E-state index is 13.8. The molecule has 0 radical (unpaired) electrons. The van der Waals surface area contributed by atoms with Crippen molar-refractivity contribution in [2.45, 2.75) is 96.2 Å². The van der Waals surface area contributed by atoms with Gasteiger partial charge in [0.05, 0.1) is 55.8 Å². The van der Waals surface area contributed by atoms with Gasteiger partial charge in [0.2, 0.25) is 11.8 Å². The van der Waals surface area contributed by atoms with E-state index in [0.29, 0.717) is 24.7 Å². The van der Waals surface area contributed by atoms with Crippen LogP contribution in [-0.2, 0) is 25.7 Å². The fourth-order valence-electron chi connectivity index (χ4n) is 8.96. The Kier molecular flexibility index (Phi) is 10.7. The van der Waals surface area contributed by atoms with Crippen LogP contribution in [0.5, 0.6) is 5.75 Å². The lowest BCUT2D eigenvalue weighted by Crippen LogP contribution is -2.52. The van der Waals surface area contributed by atoms with Gasteiger partial charge in [-0.25, -0.2) is 19.6 Å². The molecule has 0 bridgehead atoms. The minimum atomic E-state index is -1.14. The summed E-state index contributed by atoms with van der Waals surface area (Å²) < 4.78 is 15.9. The predicted molar refractivity (Wildman–Crippen MR) is 218 cm³/mol. The number of fused-ring (bicyclic) bond motifs is 6. The Morgan fingerprint density at radius 3 is 2.25 bits per heavy atom. The molecule has 2 fully saturated rings. The van der Waals surface area contributed by atoms with Gasteiger partial charge in [-0.05, 0) is 91.8 Å². The zero-order valence-corrected chi connectivity index (χ0v) is 34.0. The molecule has 3 aliphatic heterocycles. The number of methoxy groups -OCH3 is 2. The van der Waals surface area contributed by atoms with Crippen molar-refractivity contribution in [3.8, 4) is 28.1 Å². The largest absolute Gasteiger partial charge is 0.488 e. The summed E-state index contributed by atoms with van der Waals surface area (Å²) in [5.41, 5.74) is 6.40. The second kappa shape index (κ2) is 15.9. The standard InChI is InChI=1S/C43H50N8O8/c1-21(2)36(49-43(56)58-6)41(54)51-23(4)7-13-33(51)38-44-18-31(46-38)25-9-11-27-26(15-25)20-59-35-17-28-24(16-29(27)35)10-12-30-37(28)48-39(45-30)34-14-8-22(3)50(34)40(53)32(19-52)47-42(55)57-5/h9-12,15-18,21-23,32-34,36,52H,7-8,13-14,19-20H2,1-6H3,(H,44,46)(H,45,48)(H,47,55)(H,49,56). The molecular formula is C43H50N8O8. The number of imidazole rings is 2. The molecule has 16 nitrogen and oxygen atoms in total. The predicted octanol–water partition coefficient (Wildman–Crippen LogP) is 5.87. The van der Waals surface area contributed by atoms with E-state index in [0.717, 1.165) is 74.8 Å². The lowest BCUT2D eigenvalue weighted by molar-refractivity contribution is -0.138. The van der Waals surface area contributed by atoms with E-state index in [-0.39, 0.29) is 36.0 Å². The Morgan fingerprint density at radius 2 is 1.56 bits per heavy atom. The van der Waals surface area contributed by atoms with Crippen molar-refractivity contribution in [3.63, 3.8) is 0 Å². The number of carbonyl (C=O) groups is 4. The summed E-state index contributed by atoms with van der Waals surface area (Å²) in [5, 5.41) is 17.0. The molecule has 2 aromatic heterocycles. The number of amides is 4. The molecule has 5 N–H and O–H groups in total. The summed E-state index contributed by atoms with van der Waals surface area (Å²) in [6.07, 6.45) is 3.35. The summed E-state index contributed by atoms with van der Waals surface area (Å²) in [5.74, 6) is 1.38. The fraction of sp³-hybridized carbons (Fsp3) is 0.442. The fourth-order valence-corrected chi connectivity index (χ4v) is 8.96. The third-order valence-electron chi connectivity index (χ3n) is 12.1. The highest BCUT2D eigenvalue weighted by molar-refractivity contribution is 6.07. The number of H-pyrrole nitrogens is 2. The number of benzene rings is 3. The minimum Gasteiger partial charge on any atom is -0.488 e. The van der Waals surface area contributed by atoms with Gasteiger partial charge < -0.3 is 49.7 Å². The molecule has 4 amide bonds. The number of rotatable bonds is 9. The highest BCUT2D eigenvalue weighted by atomic mass is 16.5. The highest BCUT2D eigenvalue weighted by Crippen LogP contribution is 2.44. The number of aliphatic hydroxyl groups excluding tert-OH is 1. The number of nitrogens with one attached hydrogen (secondary N) is 4. The van der Waals surface area contributed by atoms with E-state index in [1.807, 2.05) is 50.8 Å². The number of aromatic nitrogens is 4. The molecule has 5 aromatic rings. The van der Waals surface area contributed by atoms with Gasteiger partial charge in [-0.1, -0.05) is 32.0 Å². The van der Waals surface area contributed by atoms with E-state index in [1.54, 1.807) is 11.1 Å². The maximum Gasteiger partial charge on any atom is 0.407 e. The second-order valence-corrected chi connectivity index (χ2v) is 16.1. The van der Waals surface area contributed by atoms with Crippen LogP contribution in [0.2, 0.25) is 0 Å². The summed E-state index contributed by atoms with van der Waals surface area (Å²) in [7, 11) is 2.49. The molecule has 0 aliphatic carbocycles. The van der Waals surface area contributed by atoms with Gasteiger partial charge in [0.1, 0.15) is 36.1 Å². The van der Waals surface area contributed by atoms with E-state index in [1.165, 1.54) is 14.2 Å². The summed E-state index contributed by atoms with van der Waals surface area (Å²) in [4.78, 5) is 71.7. The molecule has 8 rings (SSSR count). The van der Waals surface area contributed by atoms with Crippen LogP contribution < -0.4 is 15.4 Å². The Bertz CT molecular complexity index is 2440. The highest BCUT2D eigenvalue weighted by Gasteiger charge is 2.42. The van der Waals surface area contributed by atoms with Crippen LogP contribution >= 0.6 is 0 Å². The van der Waals surface area contributed by atoms with Gasteiger partial charge >= 0.3 is 12.2 Å². The van der Waals surface area contributed by atoms with Crippen molar-refractivity contribution in [3.05, 3.63) is 65.9 Å². The molecule has 5 heterocycles. The zero-order valence-electron chi connectivity index (χ0n) is 34.0. The number of aliphatic hydroxyl groups is 1. The van der Waals surface area contributed by atoms with Crippen molar-refractivity contribution < 1.29 is 38.5 Å². The van der Waals surface area contributed by atoms with Crippen LogP contribution in [0.3, 0.4) is 0 Å². The topological polar surface area (TPSA) is 204 Å². The van der Waals surface area contributed by atoms with E-state index < -0.39 is 36.8 Å². The van der Waals surface area contributed by atoms with Gasteiger partial charge in [0.25, 0.3) is 0 Å². The quantitative estimate of drug-likeness (QED) is 0.120. The Morgan fingerprint density at radius 1 is 0.864 bits per heavy atom. The normalized spacial score (nSPS) is 20.9. The first-order chi connectivity index (χ1) is 28.4. The molecule has 0 spiro atoms. The summed E-state index contributed by atoms with van der Waals surface area (Å²) >= 11 is 0. The van der Waals surface area contributed by atoms with Crippen molar-refractivity contribution in [1.29, 1.82) is 0 Å². The van der Waals surface area contributed by atoms with E-state index >= 15 is 0 Å². The lowest BCUT2D eigenvalue weighted by Gasteiger charge is -2.32. The van der Waals surface area contributed by atoms with Crippen molar-refractivity contribution in [2.75, 3.05) is 20.8 Å². The molecule has 3 aromatic carbocycles. The third kappa shape index (κ3) is 7.19. The SMILES string of the molecule is COC(=O)NC(CO)C(=O)N1C(C)CCC1c1nc2c(ccc3cc4c(cc32)OCc2cc(-c3cnc(C5CCC(C)N5C(=O)C(NC(=O)OC)C(C)C)[nH]3)ccc2-4)[nH]1. The molecular weight excluding hydrogens is 757 g/mol. The molecule has 3 aliphatic rings. The number of alkyl carbamates (subject to hydrolysis) is 2. The van der Waals surface area contributed by atoms with Gasteiger partial charge in [-0.3, -0.25) is 9.59 Å². The smallest absolute Gasteiger partial charge is 0.407 e. The first kappa shape index (κ1) is 39.7. The number of hydrogen-bond acceptors (Lipinski definition) is 10. The first-order valence-electron chi connectivity index (χ1n) is 20.1. The number of nitrogens with zero attached hydrogens (tertiary/aromatic N) is 4. The number of aromatic amines is 2. The van der Waals surface area contributed by atoms with Gasteiger partial charge in [0.15, 0.2) is 0 Å². The average Bonchev–Trinajstić information content (AvgIpc) is 4.06. The van der Waals surface area contributed by atoms with Crippen molar-refractivity contribution in [1.82, 2.24) is 40.4 Å². The summed E-state index contributed by atoms with van der Waals surface area (Å²) in [6, 6.07) is 11.8. The molecule has 59 heavy (non-hydrogen) atoms. The monoisotopic (exact) mass is 806 g/mol. The van der Waals surface area contributed by atoms with Crippen LogP contribution in [0.25, 0.3) is 44.2 Å². The number of likely N-dealkylation sites (tertiary alicyclic amines) is 2. The third-order valence-corrected chi connectivity index (χ3v) is 12.1. The molecule has 6 unspecified atom stereocenters. The van der Waals surface area contributed by atoms with Crippen LogP contribution in [0, 0.1) is 5.92 Å². The van der Waals surface area contributed by atoms with Crippen LogP contribution in [0.4, 0.5) is 9.59 Å². The van der Waals surface area contributed by atoms with Crippen LogP contribution in [0.15, 0.2) is 48.7 Å². The average molecular weight is 807 g/mol.